The lowest BCUT2D eigenvalue weighted by Gasteiger charge is -2.31. The Morgan fingerprint density at radius 2 is 1.95 bits per heavy atom. The van der Waals surface area contributed by atoms with E-state index in [0.29, 0.717) is 32.2 Å². The molecule has 0 aromatic carbocycles. The van der Waals surface area contributed by atoms with E-state index in [1.807, 2.05) is 20.8 Å². The van der Waals surface area contributed by atoms with Crippen LogP contribution in [0.5, 0.6) is 0 Å². The highest BCUT2D eigenvalue weighted by Gasteiger charge is 2.33. The number of nitrogens with two attached hydrogens (primary N) is 1. The number of alkyl halides is 1. The summed E-state index contributed by atoms with van der Waals surface area (Å²) in [6.45, 7) is 5.86. The maximum Gasteiger partial charge on any atom is 0.407 e. The van der Waals surface area contributed by atoms with Crippen LogP contribution in [-0.2, 0) is 4.74 Å². The molecular formula is C15H29FN2O2. The number of alkyl carbamates (subject to hydrolysis) is 1. The maximum atomic E-state index is 14.4. The second kappa shape index (κ2) is 7.25. The van der Waals surface area contributed by atoms with Crippen molar-refractivity contribution in [2.24, 2.45) is 5.73 Å². The number of nitrogens with one attached hydrogen (secondary N) is 1. The summed E-state index contributed by atoms with van der Waals surface area (Å²) in [5.41, 5.74) is 4.37. The second-order valence-corrected chi connectivity index (χ2v) is 6.89. The van der Waals surface area contributed by atoms with Crippen LogP contribution in [0, 0.1) is 0 Å². The van der Waals surface area contributed by atoms with E-state index in [-0.39, 0.29) is 6.04 Å². The third kappa shape index (κ3) is 7.08. The van der Waals surface area contributed by atoms with Crippen molar-refractivity contribution in [2.45, 2.75) is 83.0 Å². The van der Waals surface area contributed by atoms with Gasteiger partial charge in [-0.1, -0.05) is 19.3 Å². The Morgan fingerprint density at radius 1 is 1.35 bits per heavy atom. The van der Waals surface area contributed by atoms with Gasteiger partial charge < -0.3 is 15.8 Å². The molecule has 1 amide bonds. The lowest BCUT2D eigenvalue weighted by molar-refractivity contribution is 0.0523. The van der Waals surface area contributed by atoms with E-state index in [0.717, 1.165) is 19.3 Å². The summed E-state index contributed by atoms with van der Waals surface area (Å²) in [4.78, 5) is 11.4. The fraction of sp³-hybridized carbons (Fsp3) is 0.933. The van der Waals surface area contributed by atoms with Crippen molar-refractivity contribution in [3.8, 4) is 0 Å². The van der Waals surface area contributed by atoms with E-state index in [1.165, 1.54) is 0 Å². The van der Waals surface area contributed by atoms with E-state index < -0.39 is 17.4 Å². The Hall–Kier alpha value is -0.840. The highest BCUT2D eigenvalue weighted by molar-refractivity contribution is 5.67. The third-order valence-corrected chi connectivity index (χ3v) is 3.56. The molecule has 0 saturated heterocycles. The molecule has 4 nitrogen and oxygen atoms in total. The number of rotatable bonds is 5. The second-order valence-electron chi connectivity index (χ2n) is 6.89. The first kappa shape index (κ1) is 17.2. The minimum atomic E-state index is -1.09. The minimum absolute atomic E-state index is 0.215. The van der Waals surface area contributed by atoms with Gasteiger partial charge in [0.05, 0.1) is 0 Å². The number of ether oxygens (including phenoxy) is 1. The molecule has 1 atom stereocenters. The summed E-state index contributed by atoms with van der Waals surface area (Å²) in [7, 11) is 0. The lowest BCUT2D eigenvalue weighted by atomic mass is 9.81. The SMILES string of the molecule is CC(C)(C)OC(=O)NCCC(N)CC1(F)CCCCC1. The van der Waals surface area contributed by atoms with E-state index in [1.54, 1.807) is 0 Å². The van der Waals surface area contributed by atoms with Gasteiger partial charge in [0, 0.05) is 12.6 Å². The van der Waals surface area contributed by atoms with Crippen LogP contribution in [0.2, 0.25) is 0 Å². The van der Waals surface area contributed by atoms with Gasteiger partial charge in [0.15, 0.2) is 0 Å². The van der Waals surface area contributed by atoms with Gasteiger partial charge >= 0.3 is 6.09 Å². The van der Waals surface area contributed by atoms with Crippen molar-refractivity contribution < 1.29 is 13.9 Å². The minimum Gasteiger partial charge on any atom is -0.444 e. The predicted octanol–water partition coefficient (Wildman–Crippen LogP) is 3.29. The maximum absolute atomic E-state index is 14.4. The molecule has 0 aromatic rings. The number of hydrogen-bond donors (Lipinski definition) is 2. The molecular weight excluding hydrogens is 259 g/mol. The predicted molar refractivity (Wildman–Crippen MR) is 78.4 cm³/mol. The van der Waals surface area contributed by atoms with Gasteiger partial charge in [-0.25, -0.2) is 9.18 Å². The summed E-state index contributed by atoms with van der Waals surface area (Å²) < 4.78 is 19.6. The molecule has 1 aliphatic rings. The summed E-state index contributed by atoms with van der Waals surface area (Å²) in [5.74, 6) is 0. The molecule has 0 radical (unpaired) electrons. The zero-order valence-corrected chi connectivity index (χ0v) is 13.0. The van der Waals surface area contributed by atoms with Gasteiger partial charge in [-0.15, -0.1) is 0 Å². The molecule has 0 bridgehead atoms. The molecule has 0 aromatic heterocycles. The van der Waals surface area contributed by atoms with Crippen LogP contribution in [0.15, 0.2) is 0 Å². The number of amides is 1. The van der Waals surface area contributed by atoms with Crippen LogP contribution >= 0.6 is 0 Å². The van der Waals surface area contributed by atoms with Crippen molar-refractivity contribution in [3.63, 3.8) is 0 Å². The standard InChI is InChI=1S/C15H29FN2O2/c1-14(2,3)20-13(19)18-10-7-12(17)11-15(16)8-5-4-6-9-15/h12H,4-11,17H2,1-3H3,(H,18,19). The molecule has 20 heavy (non-hydrogen) atoms. The number of halogens is 1. The van der Waals surface area contributed by atoms with E-state index in [4.69, 9.17) is 10.5 Å². The van der Waals surface area contributed by atoms with E-state index in [9.17, 15) is 9.18 Å². The number of carbonyl (C=O) groups is 1. The summed E-state index contributed by atoms with van der Waals surface area (Å²) in [6.07, 6.45) is 4.81. The van der Waals surface area contributed by atoms with Crippen LogP contribution in [0.3, 0.4) is 0 Å². The van der Waals surface area contributed by atoms with Crippen LogP contribution in [0.4, 0.5) is 9.18 Å². The first-order chi connectivity index (χ1) is 9.20. The normalized spacial score (nSPS) is 20.2. The van der Waals surface area contributed by atoms with Crippen molar-refractivity contribution >= 4 is 6.09 Å². The van der Waals surface area contributed by atoms with Crippen LogP contribution in [-0.4, -0.2) is 29.9 Å². The summed E-state index contributed by atoms with van der Waals surface area (Å²) in [5, 5.41) is 2.66. The molecule has 118 valence electrons. The molecule has 1 rings (SSSR count). The average Bonchev–Trinajstić information content (AvgIpc) is 2.26. The Morgan fingerprint density at radius 3 is 2.50 bits per heavy atom. The molecule has 0 aliphatic heterocycles. The van der Waals surface area contributed by atoms with Gasteiger partial charge in [-0.3, -0.25) is 0 Å². The van der Waals surface area contributed by atoms with Crippen molar-refractivity contribution in [1.29, 1.82) is 0 Å². The van der Waals surface area contributed by atoms with E-state index >= 15 is 0 Å². The fourth-order valence-electron chi connectivity index (χ4n) is 2.64. The number of carbonyl (C=O) groups excluding carboxylic acids is 1. The Kier molecular flexibility index (Phi) is 6.24. The molecule has 0 heterocycles. The monoisotopic (exact) mass is 288 g/mol. The van der Waals surface area contributed by atoms with Crippen molar-refractivity contribution in [1.82, 2.24) is 5.32 Å². The third-order valence-electron chi connectivity index (χ3n) is 3.56. The molecule has 1 fully saturated rings. The highest BCUT2D eigenvalue weighted by atomic mass is 19.1. The lowest BCUT2D eigenvalue weighted by Crippen LogP contribution is -2.38. The molecule has 0 spiro atoms. The fourth-order valence-corrected chi connectivity index (χ4v) is 2.64. The van der Waals surface area contributed by atoms with Crippen LogP contribution in [0.1, 0.15) is 65.7 Å². The quantitative estimate of drug-likeness (QED) is 0.816. The first-order valence-electron chi connectivity index (χ1n) is 7.62. The zero-order valence-electron chi connectivity index (χ0n) is 13.0. The first-order valence-corrected chi connectivity index (χ1v) is 7.62. The number of hydrogen-bond acceptors (Lipinski definition) is 3. The average molecular weight is 288 g/mol. The largest absolute Gasteiger partial charge is 0.444 e. The zero-order chi connectivity index (χ0) is 15.2. The Balaban J connectivity index is 2.19. The van der Waals surface area contributed by atoms with Gasteiger partial charge in [-0.2, -0.15) is 0 Å². The molecule has 5 heteroatoms. The van der Waals surface area contributed by atoms with Crippen molar-refractivity contribution in [2.75, 3.05) is 6.54 Å². The molecule has 1 saturated carbocycles. The molecule has 3 N–H and O–H groups in total. The molecule has 1 unspecified atom stereocenters. The van der Waals surface area contributed by atoms with Gasteiger partial charge in [0.25, 0.3) is 0 Å². The Bertz CT molecular complexity index is 309. The Labute approximate surface area is 121 Å². The van der Waals surface area contributed by atoms with Crippen LogP contribution < -0.4 is 11.1 Å². The van der Waals surface area contributed by atoms with Crippen molar-refractivity contribution in [3.05, 3.63) is 0 Å². The topological polar surface area (TPSA) is 64.3 Å². The van der Waals surface area contributed by atoms with Crippen LogP contribution in [0.25, 0.3) is 0 Å². The smallest absolute Gasteiger partial charge is 0.407 e. The molecule has 1 aliphatic carbocycles. The van der Waals surface area contributed by atoms with Gasteiger partial charge in [-0.05, 0) is 46.5 Å². The van der Waals surface area contributed by atoms with Gasteiger partial charge in [0.2, 0.25) is 0 Å². The highest BCUT2D eigenvalue weighted by Crippen LogP contribution is 2.35. The van der Waals surface area contributed by atoms with E-state index in [2.05, 4.69) is 5.32 Å². The van der Waals surface area contributed by atoms with Gasteiger partial charge in [0.1, 0.15) is 11.3 Å². The summed E-state index contributed by atoms with van der Waals surface area (Å²) in [6, 6.07) is -0.215. The summed E-state index contributed by atoms with van der Waals surface area (Å²) >= 11 is 0.